The van der Waals surface area contributed by atoms with Gasteiger partial charge >= 0.3 is 0 Å². The molecule has 3 rings (SSSR count). The van der Waals surface area contributed by atoms with E-state index in [4.69, 9.17) is 0 Å². The first-order valence-corrected chi connectivity index (χ1v) is 14.2. The standard InChI is InChI=1S/C22H25NO2.C5H10.C3H6.2C2H6.C2H4/c1-14-4-9-20(23-16(14)3)13-22(25)15(2)18-5-6-19(12-18)17-7-10-21(24)11-8-17;1-4-5(2)3;1-3-2;3*1-2/h4,7-11,19,24H,5-6,12-13H2,1-3H3;4H,1-3H3;3H,1H2,2H3;2*1-2H3;1-2H2/b18-15+;;;;;. The van der Waals surface area contributed by atoms with Gasteiger partial charge in [0.1, 0.15) is 5.75 Å². The van der Waals surface area contributed by atoms with Crippen molar-refractivity contribution in [2.45, 2.75) is 108 Å². The second-order valence-corrected chi connectivity index (χ2v) is 8.84. The summed E-state index contributed by atoms with van der Waals surface area (Å²) in [4.78, 5) is 17.2. The zero-order valence-corrected chi connectivity index (χ0v) is 26.9. The molecule has 1 aliphatic rings. The van der Waals surface area contributed by atoms with Crippen LogP contribution in [0.25, 0.3) is 0 Å². The summed E-state index contributed by atoms with van der Waals surface area (Å²) in [6, 6.07) is 11.4. The van der Waals surface area contributed by atoms with Gasteiger partial charge in [0.05, 0.1) is 6.42 Å². The summed E-state index contributed by atoms with van der Waals surface area (Å²) in [5.41, 5.74) is 7.78. The third-order valence-electron chi connectivity index (χ3n) is 5.93. The number of carbonyl (C=O) groups is 1. The van der Waals surface area contributed by atoms with E-state index in [0.717, 1.165) is 41.8 Å². The molecule has 39 heavy (non-hydrogen) atoms. The number of Topliss-reactive ketones (excluding diaryl/α,β-unsaturated/α-hetero) is 1. The van der Waals surface area contributed by atoms with E-state index in [1.54, 1.807) is 18.2 Å². The predicted octanol–water partition coefficient (Wildman–Crippen LogP) is 10.8. The summed E-state index contributed by atoms with van der Waals surface area (Å²) in [6.07, 6.45) is 7.18. The normalized spacial score (nSPS) is 13.9. The zero-order valence-electron chi connectivity index (χ0n) is 26.9. The summed E-state index contributed by atoms with van der Waals surface area (Å²) in [6.45, 7) is 31.4. The Bertz CT molecular complexity index is 993. The molecular weight excluding hydrogens is 478 g/mol. The third kappa shape index (κ3) is 17.1. The molecule has 0 radical (unpaired) electrons. The number of rotatable bonds is 4. The highest BCUT2D eigenvalue weighted by molar-refractivity contribution is 5.96. The van der Waals surface area contributed by atoms with E-state index >= 15 is 0 Å². The van der Waals surface area contributed by atoms with Crippen molar-refractivity contribution in [2.75, 3.05) is 0 Å². The number of phenolic OH excluding ortho intramolecular Hbond substituents is 1. The van der Waals surface area contributed by atoms with Crippen LogP contribution in [0.1, 0.15) is 110 Å². The molecule has 0 saturated heterocycles. The quantitative estimate of drug-likeness (QED) is 0.313. The summed E-state index contributed by atoms with van der Waals surface area (Å²) < 4.78 is 0. The number of aromatic nitrogens is 1. The molecule has 1 atom stereocenters. The third-order valence-corrected chi connectivity index (χ3v) is 5.93. The van der Waals surface area contributed by atoms with E-state index in [-0.39, 0.29) is 5.78 Å². The lowest BCUT2D eigenvalue weighted by Gasteiger charge is -2.10. The van der Waals surface area contributed by atoms with Crippen molar-refractivity contribution in [3.05, 3.63) is 108 Å². The molecule has 0 aliphatic heterocycles. The highest BCUT2D eigenvalue weighted by Crippen LogP contribution is 2.39. The average Bonchev–Trinajstić information content (AvgIpc) is 3.45. The average molecular weight is 536 g/mol. The molecule has 0 spiro atoms. The van der Waals surface area contributed by atoms with Crippen LogP contribution in [0, 0.1) is 13.8 Å². The minimum absolute atomic E-state index is 0.178. The van der Waals surface area contributed by atoms with Gasteiger partial charge in [-0.05, 0) is 109 Å². The molecule has 2 aromatic rings. The van der Waals surface area contributed by atoms with Crippen LogP contribution in [-0.2, 0) is 11.2 Å². The SMILES string of the molecule is C/C(C(=O)Cc1ccc(C)c(C)n1)=C1/CCC(c2ccc(O)cc2)C1.C=C.C=CC.CC.CC.CC=C(C)C. The Morgan fingerprint density at radius 2 is 1.46 bits per heavy atom. The monoisotopic (exact) mass is 535 g/mol. The van der Waals surface area contributed by atoms with Crippen molar-refractivity contribution in [1.29, 1.82) is 0 Å². The fourth-order valence-electron chi connectivity index (χ4n) is 3.50. The lowest BCUT2D eigenvalue weighted by molar-refractivity contribution is -0.115. The molecule has 1 N–H and O–H groups in total. The summed E-state index contributed by atoms with van der Waals surface area (Å²) >= 11 is 0. The van der Waals surface area contributed by atoms with Crippen LogP contribution in [0.2, 0.25) is 0 Å². The zero-order chi connectivity index (χ0) is 31.0. The number of aromatic hydroxyl groups is 1. The number of aryl methyl sites for hydroxylation is 2. The van der Waals surface area contributed by atoms with Gasteiger partial charge in [-0.1, -0.05) is 69.2 Å². The van der Waals surface area contributed by atoms with Gasteiger partial charge in [0.25, 0.3) is 0 Å². The van der Waals surface area contributed by atoms with E-state index in [0.29, 0.717) is 18.1 Å². The molecule has 1 fully saturated rings. The molecule has 1 saturated carbocycles. The molecule has 218 valence electrons. The number of pyridine rings is 1. The maximum absolute atomic E-state index is 12.7. The number of allylic oxidation sites excluding steroid dienone is 5. The van der Waals surface area contributed by atoms with E-state index in [9.17, 15) is 9.90 Å². The lowest BCUT2D eigenvalue weighted by atomic mass is 9.95. The smallest absolute Gasteiger partial charge is 0.164 e. The minimum atomic E-state index is 0.178. The fraction of sp³-hybridized carbons (Fsp3) is 0.444. The van der Waals surface area contributed by atoms with Crippen molar-refractivity contribution in [2.24, 2.45) is 0 Å². The highest BCUT2D eigenvalue weighted by atomic mass is 16.3. The Hall–Kier alpha value is -3.20. The van der Waals surface area contributed by atoms with E-state index in [2.05, 4.69) is 44.6 Å². The predicted molar refractivity (Wildman–Crippen MR) is 175 cm³/mol. The Morgan fingerprint density at radius 1 is 0.974 bits per heavy atom. The van der Waals surface area contributed by atoms with Crippen LogP contribution < -0.4 is 0 Å². The number of benzene rings is 1. The van der Waals surface area contributed by atoms with Crippen LogP contribution in [-0.4, -0.2) is 15.9 Å². The number of nitrogens with zero attached hydrogens (tertiary/aromatic N) is 1. The molecule has 0 amide bonds. The van der Waals surface area contributed by atoms with Crippen molar-refractivity contribution in [3.63, 3.8) is 0 Å². The molecule has 0 bridgehead atoms. The van der Waals surface area contributed by atoms with Crippen molar-refractivity contribution in [1.82, 2.24) is 4.98 Å². The van der Waals surface area contributed by atoms with Crippen LogP contribution in [0.5, 0.6) is 5.75 Å². The Balaban J connectivity index is -0.000000786. The van der Waals surface area contributed by atoms with Gasteiger partial charge in [-0.3, -0.25) is 9.78 Å². The van der Waals surface area contributed by atoms with E-state index in [1.807, 2.05) is 86.6 Å². The first-order valence-electron chi connectivity index (χ1n) is 14.2. The second-order valence-electron chi connectivity index (χ2n) is 8.84. The Morgan fingerprint density at radius 3 is 1.90 bits per heavy atom. The maximum Gasteiger partial charge on any atom is 0.164 e. The topological polar surface area (TPSA) is 50.2 Å². The molecule has 1 unspecified atom stereocenters. The van der Waals surface area contributed by atoms with Gasteiger partial charge < -0.3 is 5.11 Å². The first kappa shape index (κ1) is 40.3. The van der Waals surface area contributed by atoms with Gasteiger partial charge in [0, 0.05) is 11.4 Å². The van der Waals surface area contributed by atoms with Gasteiger partial charge in [0.2, 0.25) is 0 Å². The molecule has 3 nitrogen and oxygen atoms in total. The second kappa shape index (κ2) is 25.1. The molecule has 1 aromatic heterocycles. The molecule has 1 heterocycles. The molecule has 1 aromatic carbocycles. The van der Waals surface area contributed by atoms with Crippen LogP contribution in [0.4, 0.5) is 0 Å². The molecular formula is C36H57NO2. The molecule has 1 aliphatic carbocycles. The summed E-state index contributed by atoms with van der Waals surface area (Å²) in [5, 5.41) is 9.43. The lowest BCUT2D eigenvalue weighted by Crippen LogP contribution is -2.08. The first-order chi connectivity index (χ1) is 18.6. The minimum Gasteiger partial charge on any atom is -0.508 e. The maximum atomic E-state index is 12.7. The van der Waals surface area contributed by atoms with Crippen molar-refractivity contribution >= 4 is 5.78 Å². The van der Waals surface area contributed by atoms with Crippen molar-refractivity contribution < 1.29 is 9.90 Å². The Kier molecular flexibility index (Phi) is 25.9. The van der Waals surface area contributed by atoms with E-state index < -0.39 is 0 Å². The van der Waals surface area contributed by atoms with Crippen LogP contribution >= 0.6 is 0 Å². The van der Waals surface area contributed by atoms with Crippen LogP contribution in [0.15, 0.2) is 85.0 Å². The van der Waals surface area contributed by atoms with Gasteiger partial charge in [-0.25, -0.2) is 0 Å². The number of hydrogen-bond donors (Lipinski definition) is 1. The molecule has 3 heteroatoms. The fourth-order valence-corrected chi connectivity index (χ4v) is 3.50. The van der Waals surface area contributed by atoms with Crippen molar-refractivity contribution in [3.8, 4) is 5.75 Å². The van der Waals surface area contributed by atoms with Crippen LogP contribution in [0.3, 0.4) is 0 Å². The number of phenols is 1. The van der Waals surface area contributed by atoms with Gasteiger partial charge in [0.15, 0.2) is 5.78 Å². The number of hydrogen-bond acceptors (Lipinski definition) is 3. The van der Waals surface area contributed by atoms with Gasteiger partial charge in [-0.15, -0.1) is 19.7 Å². The number of carbonyl (C=O) groups excluding carboxylic acids is 1. The Labute approximate surface area is 241 Å². The van der Waals surface area contributed by atoms with E-state index in [1.165, 1.54) is 16.7 Å². The summed E-state index contributed by atoms with van der Waals surface area (Å²) in [5.74, 6) is 0.917. The largest absolute Gasteiger partial charge is 0.508 e. The number of ketones is 1. The highest BCUT2D eigenvalue weighted by Gasteiger charge is 2.24. The summed E-state index contributed by atoms with van der Waals surface area (Å²) in [7, 11) is 0. The van der Waals surface area contributed by atoms with Gasteiger partial charge in [-0.2, -0.15) is 0 Å².